The number of hydrogen-bond acceptors (Lipinski definition) is 4. The van der Waals surface area contributed by atoms with Crippen molar-refractivity contribution in [3.8, 4) is 5.75 Å². The molecule has 3 rings (SSSR count). The van der Waals surface area contributed by atoms with Gasteiger partial charge in [-0.25, -0.2) is 0 Å². The maximum atomic E-state index is 12.6. The highest BCUT2D eigenvalue weighted by Crippen LogP contribution is 2.17. The van der Waals surface area contributed by atoms with Crippen LogP contribution in [0.3, 0.4) is 0 Å². The molecule has 6 heteroatoms. The van der Waals surface area contributed by atoms with Crippen LogP contribution in [0.4, 0.5) is 0 Å². The van der Waals surface area contributed by atoms with Gasteiger partial charge >= 0.3 is 0 Å². The highest BCUT2D eigenvalue weighted by Gasteiger charge is 2.20. The quantitative estimate of drug-likeness (QED) is 0.656. The monoisotopic (exact) mass is 429 g/mol. The summed E-state index contributed by atoms with van der Waals surface area (Å²) in [5.41, 5.74) is 2.40. The normalized spacial score (nSPS) is 16.2. The van der Waals surface area contributed by atoms with Crippen LogP contribution < -0.4 is 10.1 Å². The van der Waals surface area contributed by atoms with Crippen LogP contribution in [0.25, 0.3) is 0 Å². The molecular formula is C24H32ClN3O2. The molecule has 0 saturated carbocycles. The lowest BCUT2D eigenvalue weighted by Crippen LogP contribution is -2.50. The van der Waals surface area contributed by atoms with Crippen molar-refractivity contribution in [2.24, 2.45) is 0 Å². The van der Waals surface area contributed by atoms with Gasteiger partial charge in [-0.2, -0.15) is 0 Å². The average Bonchev–Trinajstić information content (AvgIpc) is 2.75. The molecule has 162 valence electrons. The van der Waals surface area contributed by atoms with Crippen molar-refractivity contribution in [3.63, 3.8) is 0 Å². The van der Waals surface area contributed by atoms with Gasteiger partial charge in [0.15, 0.2) is 0 Å². The maximum absolute atomic E-state index is 12.6. The van der Waals surface area contributed by atoms with Gasteiger partial charge in [0.25, 0.3) is 0 Å². The summed E-state index contributed by atoms with van der Waals surface area (Å²) >= 11 is 5.89. The number of halogens is 1. The van der Waals surface area contributed by atoms with Crippen LogP contribution in [0.1, 0.15) is 30.5 Å². The summed E-state index contributed by atoms with van der Waals surface area (Å²) in [7, 11) is 0. The Labute approximate surface area is 185 Å². The van der Waals surface area contributed by atoms with Crippen LogP contribution in [0, 0.1) is 6.92 Å². The van der Waals surface area contributed by atoms with Crippen molar-refractivity contribution in [1.29, 1.82) is 0 Å². The van der Waals surface area contributed by atoms with Crippen molar-refractivity contribution in [2.45, 2.75) is 26.3 Å². The number of carbonyl (C=O) groups excluding carboxylic acids is 1. The number of nitrogens with zero attached hydrogens (tertiary/aromatic N) is 2. The van der Waals surface area contributed by atoms with Crippen LogP contribution in [0.2, 0.25) is 5.02 Å². The summed E-state index contributed by atoms with van der Waals surface area (Å²) in [5, 5.41) is 3.91. The van der Waals surface area contributed by atoms with E-state index in [1.807, 2.05) is 24.3 Å². The first kappa shape index (κ1) is 22.6. The molecule has 1 aliphatic heterocycles. The van der Waals surface area contributed by atoms with Crippen LogP contribution in [-0.4, -0.2) is 61.6 Å². The SMILES string of the molecule is CC[C@H](NC(=O)CN1CCN(CCOc2ccc(Cl)cc2)CC1)c1ccc(C)cc1. The van der Waals surface area contributed by atoms with E-state index < -0.39 is 0 Å². The van der Waals surface area contributed by atoms with Crippen molar-refractivity contribution < 1.29 is 9.53 Å². The molecule has 1 atom stereocenters. The third-order valence-electron chi connectivity index (χ3n) is 5.55. The molecule has 1 aliphatic rings. The van der Waals surface area contributed by atoms with E-state index in [9.17, 15) is 4.79 Å². The van der Waals surface area contributed by atoms with Crippen LogP contribution in [0.15, 0.2) is 48.5 Å². The molecule has 30 heavy (non-hydrogen) atoms. The Balaban J connectivity index is 1.35. The van der Waals surface area contributed by atoms with Gasteiger partial charge in [-0.05, 0) is 43.2 Å². The molecule has 1 fully saturated rings. The minimum atomic E-state index is 0.0735. The zero-order valence-corrected chi connectivity index (χ0v) is 18.7. The fraction of sp³-hybridized carbons (Fsp3) is 0.458. The molecular weight excluding hydrogens is 398 g/mol. The molecule has 1 N–H and O–H groups in total. The van der Waals surface area contributed by atoms with E-state index in [2.05, 4.69) is 53.2 Å². The summed E-state index contributed by atoms with van der Waals surface area (Å²) in [6, 6.07) is 15.9. The lowest BCUT2D eigenvalue weighted by molar-refractivity contribution is -0.123. The Bertz CT molecular complexity index is 787. The predicted octanol–water partition coefficient (Wildman–Crippen LogP) is 3.91. The van der Waals surface area contributed by atoms with E-state index >= 15 is 0 Å². The fourth-order valence-electron chi connectivity index (χ4n) is 3.66. The van der Waals surface area contributed by atoms with E-state index in [1.54, 1.807) is 0 Å². The summed E-state index contributed by atoms with van der Waals surface area (Å²) < 4.78 is 5.78. The number of aryl methyl sites for hydroxylation is 1. The summed E-state index contributed by atoms with van der Waals surface area (Å²) in [6.45, 7) is 9.87. The molecule has 2 aromatic rings. The van der Waals surface area contributed by atoms with Gasteiger partial charge in [0.1, 0.15) is 12.4 Å². The number of rotatable bonds is 9. The van der Waals surface area contributed by atoms with E-state index in [4.69, 9.17) is 16.3 Å². The number of hydrogen-bond donors (Lipinski definition) is 1. The lowest BCUT2D eigenvalue weighted by atomic mass is 10.0. The molecule has 0 bridgehead atoms. The van der Waals surface area contributed by atoms with Crippen molar-refractivity contribution in [3.05, 3.63) is 64.7 Å². The molecule has 1 heterocycles. The first-order chi connectivity index (χ1) is 14.5. The molecule has 5 nitrogen and oxygen atoms in total. The number of nitrogens with one attached hydrogen (secondary N) is 1. The first-order valence-electron chi connectivity index (χ1n) is 10.7. The van der Waals surface area contributed by atoms with E-state index in [-0.39, 0.29) is 11.9 Å². The van der Waals surface area contributed by atoms with E-state index in [1.165, 1.54) is 11.1 Å². The molecule has 1 amide bonds. The van der Waals surface area contributed by atoms with Gasteiger partial charge in [0.2, 0.25) is 5.91 Å². The van der Waals surface area contributed by atoms with Gasteiger partial charge < -0.3 is 10.1 Å². The highest BCUT2D eigenvalue weighted by atomic mass is 35.5. The second-order valence-electron chi connectivity index (χ2n) is 7.86. The topological polar surface area (TPSA) is 44.8 Å². The molecule has 0 radical (unpaired) electrons. The number of piperazine rings is 1. The lowest BCUT2D eigenvalue weighted by Gasteiger charge is -2.34. The summed E-state index contributed by atoms with van der Waals surface area (Å²) in [6.07, 6.45) is 0.885. The Morgan fingerprint density at radius 1 is 1.03 bits per heavy atom. The average molecular weight is 430 g/mol. The Hall–Kier alpha value is -2.08. The molecule has 2 aromatic carbocycles. The van der Waals surface area contributed by atoms with Crippen LogP contribution in [-0.2, 0) is 4.79 Å². The predicted molar refractivity (Wildman–Crippen MR) is 122 cm³/mol. The zero-order chi connectivity index (χ0) is 21.3. The van der Waals surface area contributed by atoms with Crippen LogP contribution >= 0.6 is 11.6 Å². The molecule has 0 spiro atoms. The summed E-state index contributed by atoms with van der Waals surface area (Å²) in [4.78, 5) is 17.2. The number of amides is 1. The Morgan fingerprint density at radius 2 is 1.67 bits per heavy atom. The standard InChI is InChI=1S/C24H32ClN3O2/c1-3-23(20-6-4-19(2)5-7-20)26-24(29)18-28-14-12-27(13-15-28)16-17-30-22-10-8-21(25)9-11-22/h4-11,23H,3,12-18H2,1-2H3,(H,26,29)/t23-/m0/s1. The van der Waals surface area contributed by atoms with Gasteiger partial charge in [0, 0.05) is 37.7 Å². The minimum absolute atomic E-state index is 0.0735. The minimum Gasteiger partial charge on any atom is -0.492 e. The first-order valence-corrected chi connectivity index (χ1v) is 11.1. The smallest absolute Gasteiger partial charge is 0.234 e. The molecule has 0 aromatic heterocycles. The van der Waals surface area contributed by atoms with Crippen LogP contribution in [0.5, 0.6) is 5.75 Å². The van der Waals surface area contributed by atoms with Crippen molar-refractivity contribution in [1.82, 2.24) is 15.1 Å². The largest absolute Gasteiger partial charge is 0.492 e. The van der Waals surface area contributed by atoms with Gasteiger partial charge in [0.05, 0.1) is 12.6 Å². The second-order valence-corrected chi connectivity index (χ2v) is 8.30. The summed E-state index contributed by atoms with van der Waals surface area (Å²) in [5.74, 6) is 0.940. The van der Waals surface area contributed by atoms with Crippen molar-refractivity contribution >= 4 is 17.5 Å². The third kappa shape index (κ3) is 7.01. The van der Waals surface area contributed by atoms with Gasteiger partial charge in [-0.3, -0.25) is 14.6 Å². The van der Waals surface area contributed by atoms with E-state index in [0.29, 0.717) is 18.2 Å². The van der Waals surface area contributed by atoms with Gasteiger partial charge in [-0.1, -0.05) is 48.4 Å². The fourth-order valence-corrected chi connectivity index (χ4v) is 3.78. The Morgan fingerprint density at radius 3 is 2.30 bits per heavy atom. The van der Waals surface area contributed by atoms with E-state index in [0.717, 1.165) is 44.9 Å². The number of ether oxygens (including phenoxy) is 1. The molecule has 1 saturated heterocycles. The highest BCUT2D eigenvalue weighted by molar-refractivity contribution is 6.30. The number of carbonyl (C=O) groups is 1. The van der Waals surface area contributed by atoms with Gasteiger partial charge in [-0.15, -0.1) is 0 Å². The maximum Gasteiger partial charge on any atom is 0.234 e. The Kier molecular flexibility index (Phi) is 8.55. The molecule has 0 aliphatic carbocycles. The van der Waals surface area contributed by atoms with Crippen molar-refractivity contribution in [2.75, 3.05) is 45.9 Å². The number of benzene rings is 2. The molecule has 0 unspecified atom stereocenters. The zero-order valence-electron chi connectivity index (χ0n) is 17.9. The third-order valence-corrected chi connectivity index (χ3v) is 5.80. The second kappa shape index (κ2) is 11.3.